The number of carboxylic acids is 1. The SMILES string of the molecule is Cc1cc2c(Cl)cc(F)cc2c(-c2ccc3c4c(ccnc24)CCO3)c1C(OC(C)(C)C)C(=O)O. The topological polar surface area (TPSA) is 68.7 Å². The Labute approximate surface area is 207 Å². The first-order chi connectivity index (χ1) is 16.5. The summed E-state index contributed by atoms with van der Waals surface area (Å²) in [4.78, 5) is 17.2. The number of carboxylic acid groups (broad SMARTS) is 1. The molecule has 1 aliphatic heterocycles. The molecule has 0 saturated heterocycles. The molecule has 0 bridgehead atoms. The van der Waals surface area contributed by atoms with Crippen LogP contribution in [0.5, 0.6) is 5.75 Å². The van der Waals surface area contributed by atoms with E-state index in [-0.39, 0.29) is 5.02 Å². The molecule has 1 atom stereocenters. The van der Waals surface area contributed by atoms with Crippen molar-refractivity contribution in [1.82, 2.24) is 4.98 Å². The van der Waals surface area contributed by atoms with Crippen molar-refractivity contribution in [3.8, 4) is 16.9 Å². The Kier molecular flexibility index (Phi) is 5.69. The minimum Gasteiger partial charge on any atom is -0.493 e. The highest BCUT2D eigenvalue weighted by Gasteiger charge is 2.33. The van der Waals surface area contributed by atoms with Crippen LogP contribution in [0.3, 0.4) is 0 Å². The van der Waals surface area contributed by atoms with Gasteiger partial charge in [-0.05, 0) is 86.2 Å². The van der Waals surface area contributed by atoms with Gasteiger partial charge in [0.25, 0.3) is 0 Å². The second-order valence-corrected chi connectivity index (χ2v) is 10.2. The first kappa shape index (κ1) is 23.5. The highest BCUT2D eigenvalue weighted by Crippen LogP contribution is 2.46. The van der Waals surface area contributed by atoms with Gasteiger partial charge in [0.05, 0.1) is 22.7 Å². The quantitative estimate of drug-likeness (QED) is 0.330. The molecule has 0 fully saturated rings. The maximum Gasteiger partial charge on any atom is 0.337 e. The first-order valence-corrected chi connectivity index (χ1v) is 11.8. The maximum absolute atomic E-state index is 14.7. The molecule has 0 saturated carbocycles. The monoisotopic (exact) mass is 493 g/mol. The van der Waals surface area contributed by atoms with Gasteiger partial charge in [-0.3, -0.25) is 4.98 Å². The van der Waals surface area contributed by atoms with Crippen molar-refractivity contribution in [2.45, 2.75) is 45.8 Å². The summed E-state index contributed by atoms with van der Waals surface area (Å²) in [5.41, 5.74) is 3.35. The van der Waals surface area contributed by atoms with Crippen molar-refractivity contribution in [2.75, 3.05) is 6.61 Å². The summed E-state index contributed by atoms with van der Waals surface area (Å²) in [6, 6.07) is 10.1. The Hall–Kier alpha value is -3.22. The van der Waals surface area contributed by atoms with Crippen LogP contribution in [0.15, 0.2) is 42.6 Å². The molecule has 0 spiro atoms. The molecule has 5 rings (SSSR count). The number of aromatic nitrogens is 1. The third-order valence-corrected chi connectivity index (χ3v) is 6.53. The van der Waals surface area contributed by atoms with Crippen molar-refractivity contribution in [3.63, 3.8) is 0 Å². The fraction of sp³-hybridized carbons (Fsp3) is 0.286. The zero-order valence-corrected chi connectivity index (χ0v) is 20.7. The standard InChI is InChI=1S/C28H25ClFNO4/c1-14-11-18-19(12-16(30)13-20(18)29)24(22(14)26(27(32)33)35-28(2,3)4)17-5-6-21-23-15(8-10-34-21)7-9-31-25(17)23/h5-7,9,11-13,26H,8,10H2,1-4H3,(H,32,33). The number of fused-ring (bicyclic) bond motifs is 1. The molecule has 4 aromatic rings. The number of hydrogen-bond donors (Lipinski definition) is 1. The van der Waals surface area contributed by atoms with Crippen LogP contribution in [-0.4, -0.2) is 28.3 Å². The number of hydrogen-bond acceptors (Lipinski definition) is 4. The fourth-order valence-electron chi connectivity index (χ4n) is 4.89. The molecule has 7 heteroatoms. The van der Waals surface area contributed by atoms with E-state index >= 15 is 0 Å². The largest absolute Gasteiger partial charge is 0.493 e. The number of carbonyl (C=O) groups is 1. The van der Waals surface area contributed by atoms with Crippen LogP contribution in [-0.2, 0) is 16.0 Å². The molecule has 3 aromatic carbocycles. The third-order valence-electron chi connectivity index (χ3n) is 6.22. The van der Waals surface area contributed by atoms with E-state index < -0.39 is 23.5 Å². The summed E-state index contributed by atoms with van der Waals surface area (Å²) < 4.78 is 26.6. The average molecular weight is 494 g/mol. The normalized spacial score (nSPS) is 14.2. The lowest BCUT2D eigenvalue weighted by Crippen LogP contribution is -2.28. The predicted molar refractivity (Wildman–Crippen MR) is 135 cm³/mol. The number of benzene rings is 3. The van der Waals surface area contributed by atoms with E-state index in [1.165, 1.54) is 12.1 Å². The van der Waals surface area contributed by atoms with Crippen LogP contribution in [0.2, 0.25) is 5.02 Å². The summed E-state index contributed by atoms with van der Waals surface area (Å²) >= 11 is 6.47. The highest BCUT2D eigenvalue weighted by atomic mass is 35.5. The lowest BCUT2D eigenvalue weighted by molar-refractivity contribution is -0.160. The fourth-order valence-corrected chi connectivity index (χ4v) is 5.15. The maximum atomic E-state index is 14.7. The van der Waals surface area contributed by atoms with Crippen LogP contribution >= 0.6 is 11.6 Å². The van der Waals surface area contributed by atoms with Gasteiger partial charge in [-0.25, -0.2) is 9.18 Å². The predicted octanol–water partition coefficient (Wildman–Crippen LogP) is 7.03. The first-order valence-electron chi connectivity index (χ1n) is 11.4. The Morgan fingerprint density at radius 3 is 2.69 bits per heavy atom. The van der Waals surface area contributed by atoms with Crippen molar-refractivity contribution < 1.29 is 23.8 Å². The summed E-state index contributed by atoms with van der Waals surface area (Å²) in [5, 5.41) is 12.5. The van der Waals surface area contributed by atoms with Gasteiger partial charge in [0.1, 0.15) is 11.6 Å². The lowest BCUT2D eigenvalue weighted by atomic mass is 9.85. The minimum atomic E-state index is -1.29. The zero-order chi connectivity index (χ0) is 25.1. The lowest BCUT2D eigenvalue weighted by Gasteiger charge is -2.29. The smallest absolute Gasteiger partial charge is 0.337 e. The Balaban J connectivity index is 1.95. The molecular formula is C28H25ClFNO4. The van der Waals surface area contributed by atoms with E-state index in [9.17, 15) is 14.3 Å². The van der Waals surface area contributed by atoms with Gasteiger partial charge in [0.15, 0.2) is 6.10 Å². The second kappa shape index (κ2) is 8.47. The Morgan fingerprint density at radius 1 is 1.20 bits per heavy atom. The minimum absolute atomic E-state index is 0.249. The number of nitrogens with zero attached hydrogens (tertiary/aromatic N) is 1. The van der Waals surface area contributed by atoms with Gasteiger partial charge in [-0.15, -0.1) is 0 Å². The number of aryl methyl sites for hydroxylation is 1. The molecule has 2 heterocycles. The molecule has 0 radical (unpaired) electrons. The van der Waals surface area contributed by atoms with Gasteiger partial charge < -0.3 is 14.6 Å². The number of ether oxygens (including phenoxy) is 2. The summed E-state index contributed by atoms with van der Waals surface area (Å²) in [6.45, 7) is 7.80. The molecule has 1 aromatic heterocycles. The summed E-state index contributed by atoms with van der Waals surface area (Å²) in [7, 11) is 0. The molecule has 5 nitrogen and oxygen atoms in total. The van der Waals surface area contributed by atoms with E-state index in [4.69, 9.17) is 21.1 Å². The van der Waals surface area contributed by atoms with Gasteiger partial charge in [-0.1, -0.05) is 11.6 Å². The van der Waals surface area contributed by atoms with E-state index in [0.29, 0.717) is 45.1 Å². The molecule has 0 aliphatic carbocycles. The summed E-state index contributed by atoms with van der Waals surface area (Å²) in [5.74, 6) is -0.923. The highest BCUT2D eigenvalue weighted by molar-refractivity contribution is 6.36. The molecule has 1 N–H and O–H groups in total. The molecule has 1 aliphatic rings. The van der Waals surface area contributed by atoms with E-state index in [0.717, 1.165) is 23.1 Å². The van der Waals surface area contributed by atoms with Crippen molar-refractivity contribution in [1.29, 1.82) is 0 Å². The number of aliphatic carboxylic acids is 1. The molecular weight excluding hydrogens is 469 g/mol. The van der Waals surface area contributed by atoms with Crippen LogP contribution < -0.4 is 4.74 Å². The van der Waals surface area contributed by atoms with E-state index in [1.807, 2.05) is 25.1 Å². The molecule has 1 unspecified atom stereocenters. The number of rotatable bonds is 4. The molecule has 180 valence electrons. The number of halogens is 2. The molecule has 35 heavy (non-hydrogen) atoms. The van der Waals surface area contributed by atoms with Crippen molar-refractivity contribution >= 4 is 39.2 Å². The third kappa shape index (κ3) is 4.11. The van der Waals surface area contributed by atoms with Crippen LogP contribution in [0.4, 0.5) is 4.39 Å². The van der Waals surface area contributed by atoms with Gasteiger partial charge in [-0.2, -0.15) is 0 Å². The molecule has 0 amide bonds. The van der Waals surface area contributed by atoms with Crippen LogP contribution in [0.25, 0.3) is 32.8 Å². The number of pyridine rings is 1. The zero-order valence-electron chi connectivity index (χ0n) is 19.9. The van der Waals surface area contributed by atoms with Crippen LogP contribution in [0, 0.1) is 12.7 Å². The van der Waals surface area contributed by atoms with Gasteiger partial charge >= 0.3 is 5.97 Å². The van der Waals surface area contributed by atoms with E-state index in [1.54, 1.807) is 33.0 Å². The summed E-state index contributed by atoms with van der Waals surface area (Å²) in [6.07, 6.45) is 1.18. The van der Waals surface area contributed by atoms with Crippen molar-refractivity contribution in [2.24, 2.45) is 0 Å². The van der Waals surface area contributed by atoms with Crippen LogP contribution in [0.1, 0.15) is 43.6 Å². The Morgan fingerprint density at radius 2 is 1.97 bits per heavy atom. The van der Waals surface area contributed by atoms with Crippen molar-refractivity contribution in [3.05, 3.63) is 70.1 Å². The Bertz CT molecular complexity index is 1500. The average Bonchev–Trinajstić information content (AvgIpc) is 2.78. The van der Waals surface area contributed by atoms with Gasteiger partial charge in [0, 0.05) is 34.5 Å². The van der Waals surface area contributed by atoms with E-state index in [2.05, 4.69) is 4.98 Å². The van der Waals surface area contributed by atoms with Gasteiger partial charge in [0.2, 0.25) is 0 Å². The second-order valence-electron chi connectivity index (χ2n) is 9.82.